The minimum absolute atomic E-state index is 0.363. The first-order chi connectivity index (χ1) is 9.99. The Morgan fingerprint density at radius 2 is 1.81 bits per heavy atom. The molecule has 3 nitrogen and oxygen atoms in total. The first kappa shape index (κ1) is 15.4. The second kappa shape index (κ2) is 5.92. The fourth-order valence-corrected chi connectivity index (χ4v) is 4.54. The van der Waals surface area contributed by atoms with Crippen LogP contribution in [-0.2, 0) is 9.57 Å². The normalized spacial score (nSPS) is 36.3. The Morgan fingerprint density at radius 1 is 1.14 bits per heavy atom. The Morgan fingerprint density at radius 3 is 2.43 bits per heavy atom. The number of allylic oxidation sites excluding steroid dienone is 1. The molecular formula is C18H31NO2. The molecule has 3 rings (SSSR count). The fraction of sp³-hybridized carbons (Fsp3) is 0.889. The van der Waals surface area contributed by atoms with Gasteiger partial charge in [0.1, 0.15) is 5.76 Å². The lowest BCUT2D eigenvalue weighted by atomic mass is 9.89. The van der Waals surface area contributed by atoms with Crippen LogP contribution in [0.4, 0.5) is 0 Å². The van der Waals surface area contributed by atoms with E-state index in [9.17, 15) is 0 Å². The Labute approximate surface area is 129 Å². The Hall–Kier alpha value is -0.540. The average molecular weight is 293 g/mol. The number of hydrogen-bond donors (Lipinski definition) is 0. The summed E-state index contributed by atoms with van der Waals surface area (Å²) in [6.07, 6.45) is 5.33. The maximum atomic E-state index is 6.06. The average Bonchev–Trinajstić information content (AvgIpc) is 2.94. The van der Waals surface area contributed by atoms with Gasteiger partial charge in [-0.2, -0.15) is 0 Å². The van der Waals surface area contributed by atoms with Crippen molar-refractivity contribution in [2.45, 2.75) is 65.5 Å². The predicted molar refractivity (Wildman–Crippen MR) is 84.5 cm³/mol. The van der Waals surface area contributed by atoms with Crippen LogP contribution < -0.4 is 0 Å². The fourth-order valence-electron chi connectivity index (χ4n) is 4.54. The number of ether oxygens (including phenoxy) is 1. The van der Waals surface area contributed by atoms with Crippen molar-refractivity contribution in [2.24, 2.45) is 23.7 Å². The number of hydrogen-bond acceptors (Lipinski definition) is 3. The summed E-state index contributed by atoms with van der Waals surface area (Å²) in [5.74, 6) is 4.49. The molecule has 0 radical (unpaired) electrons. The van der Waals surface area contributed by atoms with Crippen LogP contribution in [0.15, 0.2) is 11.3 Å². The summed E-state index contributed by atoms with van der Waals surface area (Å²) >= 11 is 0. The maximum Gasteiger partial charge on any atom is 0.125 e. The highest BCUT2D eigenvalue weighted by molar-refractivity contribution is 5.22. The highest BCUT2D eigenvalue weighted by Crippen LogP contribution is 2.55. The van der Waals surface area contributed by atoms with Crippen molar-refractivity contribution >= 4 is 0 Å². The van der Waals surface area contributed by atoms with Crippen molar-refractivity contribution in [3.8, 4) is 0 Å². The van der Waals surface area contributed by atoms with Gasteiger partial charge in [-0.15, -0.1) is 5.06 Å². The smallest absolute Gasteiger partial charge is 0.125 e. The number of rotatable bonds is 4. The van der Waals surface area contributed by atoms with Crippen LogP contribution in [0.5, 0.6) is 0 Å². The van der Waals surface area contributed by atoms with Gasteiger partial charge < -0.3 is 9.57 Å². The van der Waals surface area contributed by atoms with Gasteiger partial charge >= 0.3 is 0 Å². The molecule has 0 aromatic carbocycles. The summed E-state index contributed by atoms with van der Waals surface area (Å²) in [6.45, 7) is 9.85. The molecule has 1 fully saturated rings. The molecule has 0 aromatic rings. The van der Waals surface area contributed by atoms with Gasteiger partial charge in [0.2, 0.25) is 0 Å². The van der Waals surface area contributed by atoms with E-state index in [1.807, 2.05) is 0 Å². The molecule has 21 heavy (non-hydrogen) atoms. The molecule has 3 aliphatic rings. The van der Waals surface area contributed by atoms with E-state index in [1.54, 1.807) is 5.57 Å². The zero-order valence-electron chi connectivity index (χ0n) is 14.3. The third-order valence-electron chi connectivity index (χ3n) is 5.58. The van der Waals surface area contributed by atoms with E-state index in [1.165, 1.54) is 25.0 Å². The maximum absolute atomic E-state index is 6.06. The molecule has 0 saturated heterocycles. The zero-order chi connectivity index (χ0) is 15.1. The lowest BCUT2D eigenvalue weighted by Crippen LogP contribution is -2.31. The molecule has 4 atom stereocenters. The summed E-state index contributed by atoms with van der Waals surface area (Å²) in [5, 5.41) is 2.09. The van der Waals surface area contributed by atoms with Gasteiger partial charge in [-0.05, 0) is 62.4 Å². The van der Waals surface area contributed by atoms with Crippen LogP contribution in [-0.4, -0.2) is 30.9 Å². The van der Waals surface area contributed by atoms with Gasteiger partial charge in [0.05, 0.1) is 18.8 Å². The van der Waals surface area contributed by atoms with E-state index in [0.717, 1.165) is 30.8 Å². The van der Waals surface area contributed by atoms with E-state index < -0.39 is 0 Å². The molecule has 1 saturated carbocycles. The van der Waals surface area contributed by atoms with Gasteiger partial charge in [0.25, 0.3) is 0 Å². The molecule has 1 heterocycles. The summed E-state index contributed by atoms with van der Waals surface area (Å²) in [6, 6.07) is 0.487. The Balaban J connectivity index is 1.62. The van der Waals surface area contributed by atoms with Crippen LogP contribution >= 0.6 is 0 Å². The van der Waals surface area contributed by atoms with E-state index in [0.29, 0.717) is 18.1 Å². The SMILES string of the molecule is CC(C)OCC1C2CCC3=C(CCC21)C(C(C)C)N(C)O3. The Bertz CT molecular complexity index is 415. The van der Waals surface area contributed by atoms with Crippen molar-refractivity contribution in [3.05, 3.63) is 11.3 Å². The third-order valence-corrected chi connectivity index (χ3v) is 5.58. The third kappa shape index (κ3) is 3.00. The number of fused-ring (bicyclic) bond motifs is 1. The zero-order valence-corrected chi connectivity index (χ0v) is 14.3. The van der Waals surface area contributed by atoms with E-state index in [4.69, 9.17) is 9.57 Å². The quantitative estimate of drug-likeness (QED) is 0.782. The topological polar surface area (TPSA) is 21.7 Å². The molecule has 0 spiro atoms. The molecule has 0 N–H and O–H groups in total. The van der Waals surface area contributed by atoms with Crippen molar-refractivity contribution in [1.29, 1.82) is 0 Å². The first-order valence-electron chi connectivity index (χ1n) is 8.73. The molecule has 1 aliphatic heterocycles. The second-order valence-corrected chi connectivity index (χ2v) is 7.73. The summed E-state index contributed by atoms with van der Waals surface area (Å²) < 4.78 is 5.86. The highest BCUT2D eigenvalue weighted by Gasteiger charge is 2.51. The molecular weight excluding hydrogens is 262 g/mol. The lowest BCUT2D eigenvalue weighted by molar-refractivity contribution is -0.106. The molecule has 0 aromatic heterocycles. The van der Waals surface area contributed by atoms with E-state index in [2.05, 4.69) is 39.8 Å². The lowest BCUT2D eigenvalue weighted by Gasteiger charge is -2.24. The Kier molecular flexibility index (Phi) is 4.33. The minimum atomic E-state index is 0.363. The van der Waals surface area contributed by atoms with Gasteiger partial charge in [-0.1, -0.05) is 13.8 Å². The molecule has 2 aliphatic carbocycles. The number of hydroxylamine groups is 2. The van der Waals surface area contributed by atoms with Gasteiger partial charge in [0.15, 0.2) is 0 Å². The second-order valence-electron chi connectivity index (χ2n) is 7.73. The van der Waals surface area contributed by atoms with Gasteiger partial charge in [-0.25, -0.2) is 0 Å². The van der Waals surface area contributed by atoms with Crippen LogP contribution in [0.25, 0.3) is 0 Å². The van der Waals surface area contributed by atoms with Crippen LogP contribution in [0, 0.1) is 23.7 Å². The van der Waals surface area contributed by atoms with Crippen LogP contribution in [0.2, 0.25) is 0 Å². The highest BCUT2D eigenvalue weighted by atomic mass is 16.7. The van der Waals surface area contributed by atoms with Gasteiger partial charge in [0, 0.05) is 13.5 Å². The molecule has 120 valence electrons. The number of nitrogens with zero attached hydrogens (tertiary/aromatic N) is 1. The van der Waals surface area contributed by atoms with Crippen molar-refractivity contribution in [1.82, 2.24) is 5.06 Å². The summed E-state index contributed by atoms with van der Waals surface area (Å²) in [4.78, 5) is 6.06. The van der Waals surface area contributed by atoms with Crippen LogP contribution in [0.3, 0.4) is 0 Å². The molecule has 0 bridgehead atoms. The van der Waals surface area contributed by atoms with Crippen molar-refractivity contribution in [2.75, 3.05) is 13.7 Å². The van der Waals surface area contributed by atoms with E-state index in [-0.39, 0.29) is 0 Å². The first-order valence-corrected chi connectivity index (χ1v) is 8.73. The van der Waals surface area contributed by atoms with E-state index >= 15 is 0 Å². The van der Waals surface area contributed by atoms with Crippen LogP contribution in [0.1, 0.15) is 53.4 Å². The molecule has 0 amide bonds. The summed E-state index contributed by atoms with van der Waals surface area (Å²) in [7, 11) is 2.09. The predicted octanol–water partition coefficient (Wildman–Crippen LogP) is 4.00. The van der Waals surface area contributed by atoms with Crippen molar-refractivity contribution in [3.63, 3.8) is 0 Å². The largest absolute Gasteiger partial charge is 0.410 e. The summed E-state index contributed by atoms with van der Waals surface area (Å²) in [5.41, 5.74) is 1.58. The number of likely N-dealkylation sites (N-methyl/N-ethyl adjacent to an activating group) is 1. The minimum Gasteiger partial charge on any atom is -0.410 e. The molecule has 4 unspecified atom stereocenters. The monoisotopic (exact) mass is 293 g/mol. The standard InChI is InChI=1S/C18H31NO2/c1-11(2)18-15-7-6-13-14(16(13)10-20-12(3)4)8-9-17(15)21-19(18)5/h11-14,16,18H,6-10H2,1-5H3. The van der Waals surface area contributed by atoms with Gasteiger partial charge in [-0.3, -0.25) is 0 Å². The van der Waals surface area contributed by atoms with Crippen molar-refractivity contribution < 1.29 is 9.57 Å². The molecule has 3 heteroatoms.